The number of hydrogen-bond donors (Lipinski definition) is 1. The van der Waals surface area contributed by atoms with Crippen LogP contribution in [0.2, 0.25) is 0 Å². The third-order valence-electron chi connectivity index (χ3n) is 4.15. The van der Waals surface area contributed by atoms with Crippen LogP contribution in [0, 0.1) is 5.92 Å². The highest BCUT2D eigenvalue weighted by atomic mass is 16.2. The van der Waals surface area contributed by atoms with Crippen LogP contribution >= 0.6 is 0 Å². The van der Waals surface area contributed by atoms with Crippen LogP contribution in [0.5, 0.6) is 0 Å². The first kappa shape index (κ1) is 15.5. The van der Waals surface area contributed by atoms with E-state index in [0.29, 0.717) is 0 Å². The first-order valence-electron chi connectivity index (χ1n) is 8.00. The van der Waals surface area contributed by atoms with Gasteiger partial charge in [-0.05, 0) is 26.7 Å². The zero-order valence-corrected chi connectivity index (χ0v) is 13.5. The number of amides is 1. The Hall–Kier alpha value is -2.44. The van der Waals surface area contributed by atoms with Crippen LogP contribution in [-0.2, 0) is 4.79 Å². The summed E-state index contributed by atoms with van der Waals surface area (Å²) in [6.45, 7) is 5.73. The van der Waals surface area contributed by atoms with Crippen molar-refractivity contribution in [2.75, 3.05) is 23.3 Å². The molecule has 122 valence electrons. The van der Waals surface area contributed by atoms with Crippen LogP contribution < -0.4 is 10.2 Å². The maximum Gasteiger partial charge on any atom is 0.228 e. The van der Waals surface area contributed by atoms with Gasteiger partial charge >= 0.3 is 0 Å². The molecule has 7 nitrogen and oxygen atoms in total. The molecule has 1 aliphatic rings. The molecule has 7 heteroatoms. The van der Waals surface area contributed by atoms with E-state index in [2.05, 4.69) is 25.3 Å². The Balaban J connectivity index is 1.57. The Kier molecular flexibility index (Phi) is 4.55. The van der Waals surface area contributed by atoms with E-state index in [-0.39, 0.29) is 17.9 Å². The van der Waals surface area contributed by atoms with Gasteiger partial charge in [0.2, 0.25) is 5.91 Å². The summed E-state index contributed by atoms with van der Waals surface area (Å²) in [6.07, 6.45) is 8.48. The van der Waals surface area contributed by atoms with Crippen LogP contribution in [-0.4, -0.2) is 38.7 Å². The van der Waals surface area contributed by atoms with E-state index >= 15 is 0 Å². The summed E-state index contributed by atoms with van der Waals surface area (Å²) in [6, 6.07) is 2.06. The number of carbonyl (C=O) groups is 1. The number of anilines is 2. The highest BCUT2D eigenvalue weighted by molar-refractivity contribution is 5.91. The lowest BCUT2D eigenvalue weighted by Crippen LogP contribution is -2.38. The second-order valence-corrected chi connectivity index (χ2v) is 6.07. The van der Waals surface area contributed by atoms with Gasteiger partial charge in [0.1, 0.15) is 11.6 Å². The number of hydrogen-bond acceptors (Lipinski definition) is 5. The highest BCUT2D eigenvalue weighted by Gasteiger charge is 2.26. The van der Waals surface area contributed by atoms with E-state index in [4.69, 9.17) is 0 Å². The number of piperidine rings is 1. The lowest BCUT2D eigenvalue weighted by molar-refractivity contribution is -0.120. The summed E-state index contributed by atoms with van der Waals surface area (Å²) in [5.41, 5.74) is 0. The second-order valence-electron chi connectivity index (χ2n) is 6.07. The Morgan fingerprint density at radius 2 is 2.04 bits per heavy atom. The van der Waals surface area contributed by atoms with Gasteiger partial charge in [-0.1, -0.05) is 0 Å². The SMILES string of the molecule is CC(C)n1nccc1NC(=O)C1CCN(c2cnccn2)CC1. The van der Waals surface area contributed by atoms with Crippen molar-refractivity contribution in [2.24, 2.45) is 5.92 Å². The number of rotatable bonds is 4. The van der Waals surface area contributed by atoms with E-state index in [1.54, 1.807) is 24.8 Å². The van der Waals surface area contributed by atoms with Crippen molar-refractivity contribution in [3.05, 3.63) is 30.9 Å². The van der Waals surface area contributed by atoms with Crippen molar-refractivity contribution in [2.45, 2.75) is 32.7 Å². The zero-order chi connectivity index (χ0) is 16.2. The minimum Gasteiger partial charge on any atom is -0.355 e. The Labute approximate surface area is 135 Å². The zero-order valence-electron chi connectivity index (χ0n) is 13.5. The normalized spacial score (nSPS) is 15.9. The van der Waals surface area contributed by atoms with E-state index < -0.39 is 0 Å². The van der Waals surface area contributed by atoms with Gasteiger partial charge in [0.15, 0.2) is 0 Å². The van der Waals surface area contributed by atoms with Crippen molar-refractivity contribution in [1.82, 2.24) is 19.7 Å². The van der Waals surface area contributed by atoms with Crippen molar-refractivity contribution >= 4 is 17.5 Å². The molecule has 0 radical (unpaired) electrons. The Morgan fingerprint density at radius 3 is 2.70 bits per heavy atom. The number of carbonyl (C=O) groups excluding carboxylic acids is 1. The predicted molar refractivity (Wildman–Crippen MR) is 88.2 cm³/mol. The maximum absolute atomic E-state index is 12.5. The average Bonchev–Trinajstić information content (AvgIpc) is 3.04. The molecule has 0 aliphatic carbocycles. The summed E-state index contributed by atoms with van der Waals surface area (Å²) in [7, 11) is 0. The molecule has 2 aromatic heterocycles. The summed E-state index contributed by atoms with van der Waals surface area (Å²) < 4.78 is 1.83. The summed E-state index contributed by atoms with van der Waals surface area (Å²) in [5, 5.41) is 7.26. The smallest absolute Gasteiger partial charge is 0.228 e. The van der Waals surface area contributed by atoms with Crippen LogP contribution in [0.25, 0.3) is 0 Å². The fraction of sp³-hybridized carbons (Fsp3) is 0.500. The molecule has 0 unspecified atom stereocenters. The van der Waals surface area contributed by atoms with Crippen molar-refractivity contribution in [3.63, 3.8) is 0 Å². The first-order chi connectivity index (χ1) is 11.1. The standard InChI is InChI=1S/C16H22N6O/c1-12(2)22-14(3-6-19-22)20-16(23)13-4-9-21(10-5-13)15-11-17-7-8-18-15/h3,6-8,11-13H,4-5,9-10H2,1-2H3,(H,20,23). The number of nitrogens with zero attached hydrogens (tertiary/aromatic N) is 5. The van der Waals surface area contributed by atoms with Crippen LogP contribution in [0.1, 0.15) is 32.7 Å². The second kappa shape index (κ2) is 6.76. The quantitative estimate of drug-likeness (QED) is 0.935. The van der Waals surface area contributed by atoms with E-state index in [9.17, 15) is 4.79 Å². The first-order valence-corrected chi connectivity index (χ1v) is 8.00. The van der Waals surface area contributed by atoms with Gasteiger partial charge in [-0.2, -0.15) is 5.10 Å². The molecule has 3 rings (SSSR count). The molecule has 0 spiro atoms. The van der Waals surface area contributed by atoms with Crippen molar-refractivity contribution < 1.29 is 4.79 Å². The molecule has 2 aromatic rings. The molecule has 0 bridgehead atoms. The van der Waals surface area contributed by atoms with Crippen molar-refractivity contribution in [1.29, 1.82) is 0 Å². The van der Waals surface area contributed by atoms with Gasteiger partial charge in [-0.15, -0.1) is 0 Å². The van der Waals surface area contributed by atoms with Gasteiger partial charge in [0.05, 0.1) is 12.4 Å². The van der Waals surface area contributed by atoms with E-state index in [1.807, 2.05) is 24.6 Å². The fourth-order valence-corrected chi connectivity index (χ4v) is 2.88. The molecule has 1 aliphatic heterocycles. The molecule has 0 atom stereocenters. The maximum atomic E-state index is 12.5. The topological polar surface area (TPSA) is 75.9 Å². The molecular weight excluding hydrogens is 292 g/mol. The molecule has 1 amide bonds. The largest absolute Gasteiger partial charge is 0.355 e. The summed E-state index contributed by atoms with van der Waals surface area (Å²) >= 11 is 0. The lowest BCUT2D eigenvalue weighted by Gasteiger charge is -2.31. The average molecular weight is 314 g/mol. The van der Waals surface area contributed by atoms with Gasteiger partial charge in [0, 0.05) is 43.5 Å². The summed E-state index contributed by atoms with van der Waals surface area (Å²) in [5.74, 6) is 1.75. The van der Waals surface area contributed by atoms with Crippen molar-refractivity contribution in [3.8, 4) is 0 Å². The Bertz CT molecular complexity index is 646. The highest BCUT2D eigenvalue weighted by Crippen LogP contribution is 2.23. The molecule has 0 saturated carbocycles. The van der Waals surface area contributed by atoms with E-state index in [1.165, 1.54) is 0 Å². The predicted octanol–water partition coefficient (Wildman–Crippen LogP) is 2.11. The summed E-state index contributed by atoms with van der Waals surface area (Å²) in [4.78, 5) is 23.1. The van der Waals surface area contributed by atoms with Gasteiger partial charge < -0.3 is 10.2 Å². The third-order valence-corrected chi connectivity index (χ3v) is 4.15. The van der Waals surface area contributed by atoms with Crippen LogP contribution in [0.3, 0.4) is 0 Å². The molecule has 0 aromatic carbocycles. The number of nitrogens with one attached hydrogen (secondary N) is 1. The Morgan fingerprint density at radius 1 is 1.26 bits per heavy atom. The minimum absolute atomic E-state index is 0.0263. The van der Waals surface area contributed by atoms with Gasteiger partial charge in [0.25, 0.3) is 0 Å². The van der Waals surface area contributed by atoms with Gasteiger partial charge in [-0.3, -0.25) is 9.78 Å². The lowest BCUT2D eigenvalue weighted by atomic mass is 9.96. The molecule has 1 saturated heterocycles. The monoisotopic (exact) mass is 314 g/mol. The number of aromatic nitrogens is 4. The minimum atomic E-state index is 0.0263. The third kappa shape index (κ3) is 3.49. The molecular formula is C16H22N6O. The van der Waals surface area contributed by atoms with Gasteiger partial charge in [-0.25, -0.2) is 9.67 Å². The molecule has 1 N–H and O–H groups in total. The fourth-order valence-electron chi connectivity index (χ4n) is 2.88. The molecule has 1 fully saturated rings. The van der Waals surface area contributed by atoms with E-state index in [0.717, 1.165) is 37.6 Å². The molecule has 23 heavy (non-hydrogen) atoms. The molecule has 3 heterocycles. The van der Waals surface area contributed by atoms with Crippen LogP contribution in [0.4, 0.5) is 11.6 Å². The van der Waals surface area contributed by atoms with Crippen LogP contribution in [0.15, 0.2) is 30.9 Å².